The van der Waals surface area contributed by atoms with Gasteiger partial charge < -0.3 is 16.0 Å². The Kier molecular flexibility index (Phi) is 3.71. The van der Waals surface area contributed by atoms with E-state index in [0.717, 1.165) is 19.3 Å². The highest BCUT2D eigenvalue weighted by Crippen LogP contribution is 2.25. The summed E-state index contributed by atoms with van der Waals surface area (Å²) in [5.41, 5.74) is 6.29. The highest BCUT2D eigenvalue weighted by molar-refractivity contribution is 6.32. The second-order valence-electron chi connectivity index (χ2n) is 5.55. The fourth-order valence-corrected chi connectivity index (χ4v) is 2.76. The van der Waals surface area contributed by atoms with Crippen molar-refractivity contribution in [2.45, 2.75) is 37.8 Å². The van der Waals surface area contributed by atoms with E-state index in [4.69, 9.17) is 17.3 Å². The molecule has 2 aliphatic rings. The average molecular weight is 309 g/mol. The number of hydrogen-bond acceptors (Lipinski definition) is 4. The van der Waals surface area contributed by atoms with E-state index in [1.54, 1.807) is 4.90 Å². The van der Waals surface area contributed by atoms with Gasteiger partial charge in [-0.25, -0.2) is 4.98 Å². The summed E-state index contributed by atoms with van der Waals surface area (Å²) in [7, 11) is 0. The molecule has 0 radical (unpaired) electrons. The monoisotopic (exact) mass is 308 g/mol. The number of nitrogens with two attached hydrogens (primary N) is 1. The van der Waals surface area contributed by atoms with Gasteiger partial charge in [0.25, 0.3) is 5.91 Å². The number of nitrogens with one attached hydrogen (secondary N) is 1. The summed E-state index contributed by atoms with van der Waals surface area (Å²) in [5.74, 6) is -0.357. The molecular formula is C14H17ClN4O2. The van der Waals surface area contributed by atoms with Crippen LogP contribution in [0.2, 0.25) is 5.15 Å². The molecule has 21 heavy (non-hydrogen) atoms. The van der Waals surface area contributed by atoms with E-state index in [1.807, 2.05) is 0 Å². The Labute approximate surface area is 127 Å². The third kappa shape index (κ3) is 2.95. The zero-order chi connectivity index (χ0) is 15.0. The summed E-state index contributed by atoms with van der Waals surface area (Å²) in [6.07, 6.45) is 4.94. The topological polar surface area (TPSA) is 88.3 Å². The first-order valence-electron chi connectivity index (χ1n) is 7.08. The number of carbonyl (C=O) groups is 2. The van der Waals surface area contributed by atoms with Crippen molar-refractivity contribution in [3.05, 3.63) is 23.0 Å². The van der Waals surface area contributed by atoms with Crippen molar-refractivity contribution in [1.82, 2.24) is 15.2 Å². The highest BCUT2D eigenvalue weighted by Gasteiger charge is 2.37. The minimum absolute atomic E-state index is 0.0728. The number of hydrogen-bond donors (Lipinski definition) is 2. The van der Waals surface area contributed by atoms with E-state index >= 15 is 0 Å². The van der Waals surface area contributed by atoms with Gasteiger partial charge in [0.1, 0.15) is 11.2 Å². The molecule has 7 heteroatoms. The van der Waals surface area contributed by atoms with Crippen molar-refractivity contribution in [1.29, 1.82) is 0 Å². The van der Waals surface area contributed by atoms with Gasteiger partial charge in [-0.2, -0.15) is 0 Å². The van der Waals surface area contributed by atoms with Gasteiger partial charge in [0.05, 0.1) is 17.4 Å². The Morgan fingerprint density at radius 3 is 2.86 bits per heavy atom. The predicted molar refractivity (Wildman–Crippen MR) is 78.9 cm³/mol. The number of likely N-dealkylation sites (tertiary alicyclic amines) is 1. The normalized spacial score (nSPS) is 21.4. The largest absolute Gasteiger partial charge is 0.397 e. The SMILES string of the molecule is Nc1cnc(Cl)c(C(=O)N2CCCC2C(=O)NC2CC2)c1. The quantitative estimate of drug-likeness (QED) is 0.821. The molecule has 0 spiro atoms. The van der Waals surface area contributed by atoms with Gasteiger partial charge in [-0.3, -0.25) is 9.59 Å². The lowest BCUT2D eigenvalue weighted by Gasteiger charge is -2.24. The van der Waals surface area contributed by atoms with Crippen molar-refractivity contribution in [2.75, 3.05) is 12.3 Å². The van der Waals surface area contributed by atoms with Crippen LogP contribution in [0.25, 0.3) is 0 Å². The van der Waals surface area contributed by atoms with Crippen LogP contribution in [0, 0.1) is 0 Å². The van der Waals surface area contributed by atoms with Crippen LogP contribution in [-0.4, -0.2) is 40.3 Å². The lowest BCUT2D eigenvalue weighted by molar-refractivity contribution is -0.125. The molecule has 2 fully saturated rings. The van der Waals surface area contributed by atoms with Gasteiger partial charge in [0, 0.05) is 12.6 Å². The first-order valence-corrected chi connectivity index (χ1v) is 7.46. The minimum atomic E-state index is -0.421. The maximum atomic E-state index is 12.6. The van der Waals surface area contributed by atoms with Crippen LogP contribution in [0.3, 0.4) is 0 Å². The lowest BCUT2D eigenvalue weighted by Crippen LogP contribution is -2.46. The van der Waals surface area contributed by atoms with E-state index in [2.05, 4.69) is 10.3 Å². The van der Waals surface area contributed by atoms with E-state index in [9.17, 15) is 9.59 Å². The molecule has 1 aliphatic heterocycles. The van der Waals surface area contributed by atoms with Crippen LogP contribution >= 0.6 is 11.6 Å². The molecule has 3 rings (SSSR count). The van der Waals surface area contributed by atoms with Gasteiger partial charge >= 0.3 is 0 Å². The molecule has 1 unspecified atom stereocenters. The van der Waals surface area contributed by atoms with Crippen LogP contribution < -0.4 is 11.1 Å². The average Bonchev–Trinajstić information content (AvgIpc) is 3.13. The Balaban J connectivity index is 1.78. The molecule has 1 aromatic rings. The summed E-state index contributed by atoms with van der Waals surface area (Å²) in [4.78, 5) is 30.3. The second-order valence-corrected chi connectivity index (χ2v) is 5.90. The van der Waals surface area contributed by atoms with E-state index < -0.39 is 6.04 Å². The fourth-order valence-electron chi connectivity index (χ4n) is 2.58. The van der Waals surface area contributed by atoms with Crippen molar-refractivity contribution in [3.8, 4) is 0 Å². The summed E-state index contributed by atoms with van der Waals surface area (Å²) >= 11 is 5.98. The molecule has 1 saturated heterocycles. The maximum absolute atomic E-state index is 12.6. The van der Waals surface area contributed by atoms with Crippen molar-refractivity contribution >= 4 is 29.1 Å². The number of nitrogens with zero attached hydrogens (tertiary/aromatic N) is 2. The number of carbonyl (C=O) groups excluding carboxylic acids is 2. The zero-order valence-corrected chi connectivity index (χ0v) is 12.3. The van der Waals surface area contributed by atoms with Crippen molar-refractivity contribution in [3.63, 3.8) is 0 Å². The lowest BCUT2D eigenvalue weighted by atomic mass is 10.1. The highest BCUT2D eigenvalue weighted by atomic mass is 35.5. The predicted octanol–water partition coefficient (Wildman–Crippen LogP) is 1.20. The standard InChI is InChI=1S/C14H17ClN4O2/c15-12-10(6-8(16)7-17-12)14(21)19-5-1-2-11(19)13(20)18-9-3-4-9/h6-7,9,11H,1-5,16H2,(H,18,20). The van der Waals surface area contributed by atoms with Crippen LogP contribution in [0.1, 0.15) is 36.0 Å². The van der Waals surface area contributed by atoms with Crippen LogP contribution in [0.5, 0.6) is 0 Å². The number of rotatable bonds is 3. The third-order valence-electron chi connectivity index (χ3n) is 3.83. The Morgan fingerprint density at radius 1 is 1.38 bits per heavy atom. The van der Waals surface area contributed by atoms with Gasteiger partial charge in [0.2, 0.25) is 5.91 Å². The van der Waals surface area contributed by atoms with E-state index in [-0.39, 0.29) is 28.6 Å². The Bertz CT molecular complexity index is 588. The first kappa shape index (κ1) is 14.1. The number of halogens is 1. The van der Waals surface area contributed by atoms with Crippen LogP contribution in [0.15, 0.2) is 12.3 Å². The number of pyridine rings is 1. The molecule has 112 valence electrons. The molecule has 0 aromatic carbocycles. The fraction of sp³-hybridized carbons (Fsp3) is 0.500. The van der Waals surface area contributed by atoms with Crippen LogP contribution in [0.4, 0.5) is 5.69 Å². The Hall–Kier alpha value is -1.82. The van der Waals surface area contributed by atoms with E-state index in [1.165, 1.54) is 12.3 Å². The van der Waals surface area contributed by atoms with Gasteiger partial charge in [-0.1, -0.05) is 11.6 Å². The summed E-state index contributed by atoms with van der Waals surface area (Å²) in [6, 6.07) is 1.37. The maximum Gasteiger partial charge on any atom is 0.257 e. The van der Waals surface area contributed by atoms with Crippen molar-refractivity contribution < 1.29 is 9.59 Å². The zero-order valence-electron chi connectivity index (χ0n) is 11.5. The van der Waals surface area contributed by atoms with Gasteiger partial charge in [-0.15, -0.1) is 0 Å². The number of amides is 2. The molecule has 0 bridgehead atoms. The number of aromatic nitrogens is 1. The summed E-state index contributed by atoms with van der Waals surface area (Å²) in [6.45, 7) is 0.548. The summed E-state index contributed by atoms with van der Waals surface area (Å²) in [5, 5.41) is 3.07. The summed E-state index contributed by atoms with van der Waals surface area (Å²) < 4.78 is 0. The molecule has 3 N–H and O–H groups in total. The van der Waals surface area contributed by atoms with E-state index in [0.29, 0.717) is 18.7 Å². The minimum Gasteiger partial charge on any atom is -0.397 e. The van der Waals surface area contributed by atoms with Gasteiger partial charge in [0.15, 0.2) is 0 Å². The van der Waals surface area contributed by atoms with Crippen LogP contribution in [-0.2, 0) is 4.79 Å². The second kappa shape index (κ2) is 5.52. The smallest absolute Gasteiger partial charge is 0.257 e. The molecule has 1 aliphatic carbocycles. The van der Waals surface area contributed by atoms with Crippen molar-refractivity contribution in [2.24, 2.45) is 0 Å². The molecule has 1 saturated carbocycles. The third-order valence-corrected chi connectivity index (χ3v) is 4.13. The molecule has 1 atom stereocenters. The molecule has 1 aromatic heterocycles. The van der Waals surface area contributed by atoms with Gasteiger partial charge in [-0.05, 0) is 31.7 Å². The molecule has 2 amide bonds. The number of anilines is 1. The molecule has 2 heterocycles. The molecule has 6 nitrogen and oxygen atoms in total. The Morgan fingerprint density at radius 2 is 2.14 bits per heavy atom. The molecular weight excluding hydrogens is 292 g/mol. The first-order chi connectivity index (χ1) is 10.1. The number of nitrogen functional groups attached to an aromatic ring is 1.